The Morgan fingerprint density at radius 3 is 2.44 bits per heavy atom. The van der Waals surface area contributed by atoms with Gasteiger partial charge in [0.25, 0.3) is 0 Å². The van der Waals surface area contributed by atoms with Gasteiger partial charge in [-0.15, -0.1) is 0 Å². The third-order valence-electron chi connectivity index (χ3n) is 1.97. The molecule has 0 aromatic heterocycles. The van der Waals surface area contributed by atoms with Crippen molar-refractivity contribution < 1.29 is 4.43 Å². The molecule has 0 aliphatic rings. The van der Waals surface area contributed by atoms with Crippen molar-refractivity contribution in [2.24, 2.45) is 0 Å². The van der Waals surface area contributed by atoms with Crippen LogP contribution in [0.25, 0.3) is 0 Å². The van der Waals surface area contributed by atoms with Gasteiger partial charge in [-0.05, 0) is 0 Å². The van der Waals surface area contributed by atoms with E-state index in [1.54, 1.807) is 0 Å². The second-order valence-electron chi connectivity index (χ2n) is 4.53. The van der Waals surface area contributed by atoms with E-state index in [1.165, 1.54) is 5.56 Å². The zero-order chi connectivity index (χ0) is 12.0. The first-order valence-corrected chi connectivity index (χ1v) is 10.7. The van der Waals surface area contributed by atoms with Gasteiger partial charge in [0.2, 0.25) is 0 Å². The van der Waals surface area contributed by atoms with Crippen molar-refractivity contribution in [2.45, 2.75) is 31.1 Å². The molecular formula is C12H17NOSeSi. The Hall–Kier alpha value is -0.594. The molecule has 16 heavy (non-hydrogen) atoms. The molecule has 0 bridgehead atoms. The van der Waals surface area contributed by atoms with Crippen molar-refractivity contribution in [2.75, 3.05) is 0 Å². The third-order valence-corrected chi connectivity index (χ3v) is 4.21. The van der Waals surface area contributed by atoms with Crippen LogP contribution >= 0.6 is 0 Å². The van der Waals surface area contributed by atoms with Crippen molar-refractivity contribution in [3.05, 3.63) is 35.9 Å². The van der Waals surface area contributed by atoms with Crippen molar-refractivity contribution in [1.82, 2.24) is 0 Å². The molecule has 0 fully saturated rings. The van der Waals surface area contributed by atoms with E-state index in [4.69, 9.17) is 9.69 Å². The molecular weight excluding hydrogens is 281 g/mol. The molecule has 4 heteroatoms. The molecule has 0 spiro atoms. The second kappa shape index (κ2) is 6.22. The summed E-state index contributed by atoms with van der Waals surface area (Å²) in [6, 6.07) is 10.2. The molecule has 0 heterocycles. The van der Waals surface area contributed by atoms with Crippen LogP contribution in [0.1, 0.15) is 11.7 Å². The molecule has 1 aromatic carbocycles. The fraction of sp³-hybridized carbons (Fsp3) is 0.417. The van der Waals surface area contributed by atoms with Gasteiger partial charge in [-0.1, -0.05) is 0 Å². The third kappa shape index (κ3) is 4.96. The van der Waals surface area contributed by atoms with Gasteiger partial charge in [-0.3, -0.25) is 0 Å². The summed E-state index contributed by atoms with van der Waals surface area (Å²) in [6.45, 7) is 6.55. The SMILES string of the molecule is C[Si](C)(C)OC(C[Se]C#N)c1ccccc1. The first-order valence-electron chi connectivity index (χ1n) is 5.26. The summed E-state index contributed by atoms with van der Waals surface area (Å²) in [5.74, 6) is 0. The molecule has 0 radical (unpaired) electrons. The van der Waals surface area contributed by atoms with Gasteiger partial charge in [-0.25, -0.2) is 0 Å². The Kier molecular flexibility index (Phi) is 5.24. The summed E-state index contributed by atoms with van der Waals surface area (Å²) in [5, 5.41) is 9.54. The number of nitriles is 1. The van der Waals surface area contributed by atoms with Crippen molar-refractivity contribution in [1.29, 1.82) is 5.26 Å². The van der Waals surface area contributed by atoms with Gasteiger partial charge in [-0.2, -0.15) is 0 Å². The monoisotopic (exact) mass is 299 g/mol. The molecule has 0 saturated heterocycles. The fourth-order valence-corrected chi connectivity index (χ4v) is 3.77. The predicted octanol–water partition coefficient (Wildman–Crippen LogP) is 3.18. The number of benzene rings is 1. The van der Waals surface area contributed by atoms with Crippen molar-refractivity contribution >= 4 is 23.3 Å². The van der Waals surface area contributed by atoms with Gasteiger partial charge >= 0.3 is 105 Å². The predicted molar refractivity (Wildman–Crippen MR) is 69.8 cm³/mol. The van der Waals surface area contributed by atoms with Gasteiger partial charge in [0.1, 0.15) is 0 Å². The summed E-state index contributed by atoms with van der Waals surface area (Å²) in [4.78, 5) is 2.25. The number of hydrogen-bond donors (Lipinski definition) is 0. The van der Waals surface area contributed by atoms with Crippen LogP contribution in [0.4, 0.5) is 0 Å². The quantitative estimate of drug-likeness (QED) is 0.782. The maximum absolute atomic E-state index is 8.69. The number of nitrogens with zero attached hydrogens (tertiary/aromatic N) is 1. The van der Waals surface area contributed by atoms with Crippen molar-refractivity contribution in [3.63, 3.8) is 0 Å². The van der Waals surface area contributed by atoms with E-state index in [0.29, 0.717) is 0 Å². The Bertz CT molecular complexity index is 356. The summed E-state index contributed by atoms with van der Waals surface area (Å²) >= 11 is 0.0140. The first-order chi connectivity index (χ1) is 7.53. The molecule has 0 saturated carbocycles. The second-order valence-corrected chi connectivity index (χ2v) is 10.7. The molecule has 0 N–H and O–H groups in total. The summed E-state index contributed by atoms with van der Waals surface area (Å²) < 4.78 is 6.13. The standard InChI is InChI=1S/C12H17NOSeSi/c1-16(2,3)14-12(9-15-10-13)11-7-5-4-6-8-11/h4-8,12H,9H2,1-3H3. The van der Waals surface area contributed by atoms with Crippen LogP contribution in [0.5, 0.6) is 0 Å². The minimum atomic E-state index is -1.55. The topological polar surface area (TPSA) is 33.0 Å². The number of hydrogen-bond acceptors (Lipinski definition) is 2. The van der Waals surface area contributed by atoms with E-state index in [2.05, 4.69) is 36.7 Å². The Balaban J connectivity index is 2.76. The molecule has 2 nitrogen and oxygen atoms in total. The molecule has 1 atom stereocenters. The van der Waals surface area contributed by atoms with Crippen LogP contribution in [0.15, 0.2) is 30.3 Å². The van der Waals surface area contributed by atoms with Crippen LogP contribution in [-0.4, -0.2) is 23.3 Å². The maximum atomic E-state index is 8.69. The van der Waals surface area contributed by atoms with Crippen molar-refractivity contribution in [3.8, 4) is 4.97 Å². The minimum absolute atomic E-state index is 0.0140. The molecule has 1 unspecified atom stereocenters. The van der Waals surface area contributed by atoms with Gasteiger partial charge < -0.3 is 0 Å². The Labute approximate surface area is 105 Å². The zero-order valence-corrected chi connectivity index (χ0v) is 12.6. The first kappa shape index (κ1) is 13.5. The van der Waals surface area contributed by atoms with Crippen LogP contribution < -0.4 is 0 Å². The summed E-state index contributed by atoms with van der Waals surface area (Å²) in [5.41, 5.74) is 1.20. The van der Waals surface area contributed by atoms with Gasteiger partial charge in [0, 0.05) is 0 Å². The van der Waals surface area contributed by atoms with Crippen LogP contribution in [0.3, 0.4) is 0 Å². The van der Waals surface area contributed by atoms with E-state index in [-0.39, 0.29) is 21.1 Å². The van der Waals surface area contributed by atoms with E-state index < -0.39 is 8.32 Å². The molecule has 1 rings (SSSR count). The average molecular weight is 298 g/mol. The van der Waals surface area contributed by atoms with E-state index in [9.17, 15) is 0 Å². The summed E-state index contributed by atoms with van der Waals surface area (Å²) in [7, 11) is -1.55. The van der Waals surface area contributed by atoms with Gasteiger partial charge in [0.05, 0.1) is 0 Å². The van der Waals surface area contributed by atoms with E-state index in [1.807, 2.05) is 18.2 Å². The van der Waals surface area contributed by atoms with Gasteiger partial charge in [0.15, 0.2) is 0 Å². The normalized spacial score (nSPS) is 13.1. The van der Waals surface area contributed by atoms with E-state index in [0.717, 1.165) is 5.32 Å². The van der Waals surface area contributed by atoms with E-state index >= 15 is 0 Å². The van der Waals surface area contributed by atoms with Crippen LogP contribution in [-0.2, 0) is 4.43 Å². The summed E-state index contributed by atoms with van der Waals surface area (Å²) in [6.07, 6.45) is 0.104. The molecule has 0 aliphatic carbocycles. The average Bonchev–Trinajstić information content (AvgIpc) is 2.24. The molecule has 0 aliphatic heterocycles. The zero-order valence-electron chi connectivity index (χ0n) is 9.93. The van der Waals surface area contributed by atoms with Crippen LogP contribution in [0.2, 0.25) is 25.0 Å². The fourth-order valence-electron chi connectivity index (χ4n) is 1.41. The Morgan fingerprint density at radius 2 is 1.94 bits per heavy atom. The van der Waals surface area contributed by atoms with Crippen LogP contribution in [0, 0.1) is 10.2 Å². The molecule has 1 aromatic rings. The number of rotatable bonds is 5. The molecule has 0 amide bonds. The Morgan fingerprint density at radius 1 is 1.31 bits per heavy atom. The molecule has 86 valence electrons.